The molecule has 0 aromatic carbocycles. The van der Waals surface area contributed by atoms with E-state index in [1.54, 1.807) is 11.3 Å². The van der Waals surface area contributed by atoms with Crippen LogP contribution in [0.2, 0.25) is 0 Å². The SMILES string of the molecule is CC(C)C1=C2CCCN2NC1. The van der Waals surface area contributed by atoms with Crippen LogP contribution < -0.4 is 5.43 Å². The molecular formula is C9H16N2. The summed E-state index contributed by atoms with van der Waals surface area (Å²) >= 11 is 0. The second kappa shape index (κ2) is 2.52. The lowest BCUT2D eigenvalue weighted by Crippen LogP contribution is -2.28. The topological polar surface area (TPSA) is 15.3 Å². The van der Waals surface area contributed by atoms with Gasteiger partial charge in [-0.15, -0.1) is 0 Å². The molecule has 0 atom stereocenters. The first-order valence-electron chi connectivity index (χ1n) is 4.52. The molecule has 62 valence electrons. The second-order valence-electron chi connectivity index (χ2n) is 3.72. The fourth-order valence-corrected chi connectivity index (χ4v) is 2.00. The normalized spacial score (nSPS) is 23.7. The van der Waals surface area contributed by atoms with E-state index < -0.39 is 0 Å². The van der Waals surface area contributed by atoms with Gasteiger partial charge in [-0.1, -0.05) is 13.8 Å². The smallest absolute Gasteiger partial charge is 0.0383 e. The molecule has 0 unspecified atom stereocenters. The van der Waals surface area contributed by atoms with E-state index >= 15 is 0 Å². The van der Waals surface area contributed by atoms with Crippen molar-refractivity contribution in [2.24, 2.45) is 5.92 Å². The Morgan fingerprint density at radius 1 is 1.45 bits per heavy atom. The first-order chi connectivity index (χ1) is 5.29. The zero-order chi connectivity index (χ0) is 7.84. The van der Waals surface area contributed by atoms with Gasteiger partial charge >= 0.3 is 0 Å². The Morgan fingerprint density at radius 3 is 3.00 bits per heavy atom. The predicted octanol–water partition coefficient (Wildman–Crippen LogP) is 1.51. The summed E-state index contributed by atoms with van der Waals surface area (Å²) in [4.78, 5) is 0. The zero-order valence-corrected chi connectivity index (χ0v) is 7.35. The number of hydrazine groups is 1. The molecule has 11 heavy (non-hydrogen) atoms. The van der Waals surface area contributed by atoms with Crippen LogP contribution in [0.1, 0.15) is 26.7 Å². The number of nitrogens with zero attached hydrogens (tertiary/aromatic N) is 1. The van der Waals surface area contributed by atoms with Crippen molar-refractivity contribution in [3.05, 3.63) is 11.3 Å². The number of nitrogens with one attached hydrogen (secondary N) is 1. The second-order valence-corrected chi connectivity index (χ2v) is 3.72. The third-order valence-electron chi connectivity index (χ3n) is 2.65. The number of fused-ring (bicyclic) bond motifs is 1. The van der Waals surface area contributed by atoms with E-state index in [1.807, 2.05) is 0 Å². The van der Waals surface area contributed by atoms with E-state index in [2.05, 4.69) is 24.3 Å². The third kappa shape index (κ3) is 1.06. The largest absolute Gasteiger partial charge is 0.312 e. The van der Waals surface area contributed by atoms with Crippen molar-refractivity contribution in [3.63, 3.8) is 0 Å². The van der Waals surface area contributed by atoms with E-state index in [4.69, 9.17) is 0 Å². The minimum atomic E-state index is 0.723. The van der Waals surface area contributed by atoms with Crippen molar-refractivity contribution in [1.82, 2.24) is 10.4 Å². The molecule has 1 N–H and O–H groups in total. The van der Waals surface area contributed by atoms with Gasteiger partial charge in [0.25, 0.3) is 0 Å². The summed E-state index contributed by atoms with van der Waals surface area (Å²) in [5, 5.41) is 2.33. The molecule has 0 aliphatic carbocycles. The molecule has 0 aromatic heterocycles. The van der Waals surface area contributed by atoms with E-state index in [1.165, 1.54) is 19.4 Å². The lowest BCUT2D eigenvalue weighted by Gasteiger charge is -2.12. The maximum atomic E-state index is 3.41. The molecule has 0 amide bonds. The summed E-state index contributed by atoms with van der Waals surface area (Å²) in [5.41, 5.74) is 6.62. The van der Waals surface area contributed by atoms with Gasteiger partial charge in [-0.2, -0.15) is 0 Å². The summed E-state index contributed by atoms with van der Waals surface area (Å²) in [6.45, 7) is 6.87. The number of rotatable bonds is 1. The highest BCUT2D eigenvalue weighted by Crippen LogP contribution is 2.29. The maximum absolute atomic E-state index is 3.41. The molecule has 0 radical (unpaired) electrons. The Balaban J connectivity index is 2.24. The number of hydrogen-bond acceptors (Lipinski definition) is 2. The fraction of sp³-hybridized carbons (Fsp3) is 0.778. The van der Waals surface area contributed by atoms with Crippen molar-refractivity contribution in [3.8, 4) is 0 Å². The van der Waals surface area contributed by atoms with Crippen LogP contribution in [-0.4, -0.2) is 18.1 Å². The van der Waals surface area contributed by atoms with Crippen LogP contribution in [0.3, 0.4) is 0 Å². The fourth-order valence-electron chi connectivity index (χ4n) is 2.00. The van der Waals surface area contributed by atoms with Gasteiger partial charge < -0.3 is 5.01 Å². The highest BCUT2D eigenvalue weighted by Gasteiger charge is 2.26. The molecule has 0 bridgehead atoms. The molecule has 2 heteroatoms. The van der Waals surface area contributed by atoms with E-state index in [9.17, 15) is 0 Å². The molecular weight excluding hydrogens is 136 g/mol. The van der Waals surface area contributed by atoms with Crippen LogP contribution in [0, 0.1) is 5.92 Å². The van der Waals surface area contributed by atoms with Gasteiger partial charge in [0, 0.05) is 18.8 Å². The van der Waals surface area contributed by atoms with Gasteiger partial charge in [-0.3, -0.25) is 0 Å². The third-order valence-corrected chi connectivity index (χ3v) is 2.65. The zero-order valence-electron chi connectivity index (χ0n) is 7.35. The maximum Gasteiger partial charge on any atom is 0.0383 e. The van der Waals surface area contributed by atoms with Crippen molar-refractivity contribution < 1.29 is 0 Å². The van der Waals surface area contributed by atoms with Crippen molar-refractivity contribution in [2.75, 3.05) is 13.1 Å². The Bertz CT molecular complexity index is 194. The molecule has 2 nitrogen and oxygen atoms in total. The molecule has 2 aliphatic rings. The van der Waals surface area contributed by atoms with Crippen LogP contribution in [-0.2, 0) is 0 Å². The van der Waals surface area contributed by atoms with Gasteiger partial charge in [0.1, 0.15) is 0 Å². The molecule has 1 saturated heterocycles. The summed E-state index contributed by atoms with van der Waals surface area (Å²) in [5.74, 6) is 0.723. The minimum absolute atomic E-state index is 0.723. The first kappa shape index (κ1) is 7.17. The molecule has 0 saturated carbocycles. The van der Waals surface area contributed by atoms with E-state index in [0.29, 0.717) is 0 Å². The monoisotopic (exact) mass is 152 g/mol. The van der Waals surface area contributed by atoms with Crippen molar-refractivity contribution in [1.29, 1.82) is 0 Å². The Hall–Kier alpha value is -0.500. The summed E-state index contributed by atoms with van der Waals surface area (Å²) in [6, 6.07) is 0. The molecule has 1 fully saturated rings. The minimum Gasteiger partial charge on any atom is -0.312 e. The van der Waals surface area contributed by atoms with Crippen LogP contribution >= 0.6 is 0 Å². The van der Waals surface area contributed by atoms with Gasteiger partial charge in [0.2, 0.25) is 0 Å². The lowest BCUT2D eigenvalue weighted by atomic mass is 10.0. The first-order valence-corrected chi connectivity index (χ1v) is 4.52. The van der Waals surface area contributed by atoms with Gasteiger partial charge in [-0.25, -0.2) is 5.43 Å². The summed E-state index contributed by atoms with van der Waals surface area (Å²) in [6.07, 6.45) is 2.62. The number of hydrogen-bond donors (Lipinski definition) is 1. The van der Waals surface area contributed by atoms with Crippen LogP contribution in [0.5, 0.6) is 0 Å². The van der Waals surface area contributed by atoms with Gasteiger partial charge in [0.05, 0.1) is 0 Å². The van der Waals surface area contributed by atoms with Crippen LogP contribution in [0.4, 0.5) is 0 Å². The Morgan fingerprint density at radius 2 is 2.27 bits per heavy atom. The highest BCUT2D eigenvalue weighted by atomic mass is 15.5. The number of allylic oxidation sites excluding steroid dienone is 1. The van der Waals surface area contributed by atoms with Gasteiger partial charge in [-0.05, 0) is 24.3 Å². The molecule has 0 aromatic rings. The lowest BCUT2D eigenvalue weighted by molar-refractivity contribution is 0.321. The van der Waals surface area contributed by atoms with Crippen molar-refractivity contribution in [2.45, 2.75) is 26.7 Å². The van der Waals surface area contributed by atoms with E-state index in [0.717, 1.165) is 12.5 Å². The summed E-state index contributed by atoms with van der Waals surface area (Å²) in [7, 11) is 0. The van der Waals surface area contributed by atoms with E-state index in [-0.39, 0.29) is 0 Å². The average Bonchev–Trinajstić information content (AvgIpc) is 2.41. The Labute approximate surface area is 68.2 Å². The molecule has 0 spiro atoms. The predicted molar refractivity (Wildman–Crippen MR) is 45.8 cm³/mol. The van der Waals surface area contributed by atoms with Gasteiger partial charge in [0.15, 0.2) is 0 Å². The highest BCUT2D eigenvalue weighted by molar-refractivity contribution is 5.22. The standard InChI is InChI=1S/C9H16N2/c1-7(2)8-6-10-11-5-3-4-9(8)11/h7,10H,3-6H2,1-2H3. The molecule has 2 heterocycles. The Kier molecular flexibility index (Phi) is 1.64. The quantitative estimate of drug-likeness (QED) is 0.612. The van der Waals surface area contributed by atoms with Crippen LogP contribution in [0.15, 0.2) is 11.3 Å². The van der Waals surface area contributed by atoms with Crippen LogP contribution in [0.25, 0.3) is 0 Å². The molecule has 2 rings (SSSR count). The average molecular weight is 152 g/mol. The summed E-state index contributed by atoms with van der Waals surface area (Å²) < 4.78 is 0. The molecule has 2 aliphatic heterocycles. The van der Waals surface area contributed by atoms with Crippen molar-refractivity contribution >= 4 is 0 Å².